The first kappa shape index (κ1) is 19.2. The quantitative estimate of drug-likeness (QED) is 0.574. The first-order chi connectivity index (χ1) is 11.1. The van der Waals surface area contributed by atoms with Crippen molar-refractivity contribution in [1.29, 1.82) is 0 Å². The van der Waals surface area contributed by atoms with E-state index in [1.807, 2.05) is 0 Å². The number of ether oxygens (including phenoxy) is 1. The van der Waals surface area contributed by atoms with Crippen molar-refractivity contribution in [3.05, 3.63) is 30.0 Å². The average molecular weight is 321 g/mol. The highest BCUT2D eigenvalue weighted by atomic mass is 16.5. The van der Waals surface area contributed by atoms with Gasteiger partial charge in [0.1, 0.15) is 0 Å². The lowest BCUT2D eigenvalue weighted by Gasteiger charge is -2.06. The van der Waals surface area contributed by atoms with Crippen LogP contribution in [0.2, 0.25) is 0 Å². The predicted molar refractivity (Wildman–Crippen MR) is 90.4 cm³/mol. The summed E-state index contributed by atoms with van der Waals surface area (Å²) >= 11 is 0. The van der Waals surface area contributed by atoms with Crippen molar-refractivity contribution in [1.82, 2.24) is 4.98 Å². The molecular weight excluding hydrogens is 294 g/mol. The number of nitrogens with zero attached hydrogens (tertiary/aromatic N) is 1. The summed E-state index contributed by atoms with van der Waals surface area (Å²) in [6.07, 6.45) is 10.9. The SMILES string of the molecule is CCCCCCCCC(O)C=Cc1cccc(OCC(=O)O)n1. The molecule has 1 atom stereocenters. The molecule has 0 aliphatic rings. The van der Waals surface area contributed by atoms with E-state index in [2.05, 4.69) is 11.9 Å². The monoisotopic (exact) mass is 321 g/mol. The smallest absolute Gasteiger partial charge is 0.341 e. The number of aromatic nitrogens is 1. The fourth-order valence-corrected chi connectivity index (χ4v) is 2.18. The van der Waals surface area contributed by atoms with Crippen LogP contribution in [0.5, 0.6) is 5.88 Å². The summed E-state index contributed by atoms with van der Waals surface area (Å²) in [5.74, 6) is -0.776. The van der Waals surface area contributed by atoms with Crippen molar-refractivity contribution in [2.75, 3.05) is 6.61 Å². The number of carboxylic acids is 1. The topological polar surface area (TPSA) is 79.7 Å². The molecule has 0 amide bonds. The van der Waals surface area contributed by atoms with Gasteiger partial charge in [0.15, 0.2) is 6.61 Å². The zero-order valence-corrected chi connectivity index (χ0v) is 13.8. The number of rotatable bonds is 12. The predicted octanol–water partition coefficient (Wildman–Crippen LogP) is 3.67. The molecule has 0 aliphatic heterocycles. The van der Waals surface area contributed by atoms with Crippen LogP contribution in [0.3, 0.4) is 0 Å². The van der Waals surface area contributed by atoms with Gasteiger partial charge in [0.25, 0.3) is 0 Å². The van der Waals surface area contributed by atoms with Gasteiger partial charge in [-0.3, -0.25) is 0 Å². The Bertz CT molecular complexity index is 488. The molecule has 5 heteroatoms. The van der Waals surface area contributed by atoms with E-state index < -0.39 is 18.7 Å². The Kier molecular flexibility index (Phi) is 9.71. The van der Waals surface area contributed by atoms with Gasteiger partial charge in [-0.1, -0.05) is 57.6 Å². The van der Waals surface area contributed by atoms with E-state index in [4.69, 9.17) is 9.84 Å². The molecule has 0 bridgehead atoms. The van der Waals surface area contributed by atoms with Crippen LogP contribution >= 0.6 is 0 Å². The van der Waals surface area contributed by atoms with E-state index in [1.165, 1.54) is 25.7 Å². The summed E-state index contributed by atoms with van der Waals surface area (Å²) < 4.78 is 5.02. The normalized spacial score (nSPS) is 12.4. The minimum atomic E-state index is -1.04. The number of aliphatic carboxylic acids is 1. The summed E-state index contributed by atoms with van der Waals surface area (Å²) in [6.45, 7) is 1.78. The molecule has 0 fully saturated rings. The molecule has 1 rings (SSSR count). The van der Waals surface area contributed by atoms with Gasteiger partial charge in [0.2, 0.25) is 5.88 Å². The minimum Gasteiger partial charge on any atom is -0.479 e. The zero-order valence-electron chi connectivity index (χ0n) is 13.8. The van der Waals surface area contributed by atoms with E-state index in [0.717, 1.165) is 19.3 Å². The molecule has 1 aromatic heterocycles. The first-order valence-electron chi connectivity index (χ1n) is 8.29. The summed E-state index contributed by atoms with van der Waals surface area (Å²) in [6, 6.07) is 5.12. The van der Waals surface area contributed by atoms with Crippen molar-refractivity contribution >= 4 is 12.0 Å². The molecule has 0 spiro atoms. The van der Waals surface area contributed by atoms with E-state index in [1.54, 1.807) is 30.4 Å². The summed E-state index contributed by atoms with van der Waals surface area (Å²) in [5.41, 5.74) is 0.634. The Hall–Kier alpha value is -1.88. The third-order valence-electron chi connectivity index (χ3n) is 3.43. The number of hydrogen-bond donors (Lipinski definition) is 2. The van der Waals surface area contributed by atoms with Gasteiger partial charge in [-0.2, -0.15) is 0 Å². The van der Waals surface area contributed by atoms with Crippen LogP contribution in [0.15, 0.2) is 24.3 Å². The highest BCUT2D eigenvalue weighted by molar-refractivity contribution is 5.68. The largest absolute Gasteiger partial charge is 0.479 e. The first-order valence-corrected chi connectivity index (χ1v) is 8.29. The molecule has 0 saturated carbocycles. The standard InChI is InChI=1S/C18H27NO4/c1-2-3-4-5-6-7-10-16(20)13-12-15-9-8-11-17(19-15)23-14-18(21)22/h8-9,11-13,16,20H,2-7,10,14H2,1H3,(H,21,22). The lowest BCUT2D eigenvalue weighted by molar-refractivity contribution is -0.139. The number of aliphatic hydroxyl groups excluding tert-OH is 1. The number of unbranched alkanes of at least 4 members (excludes halogenated alkanes) is 5. The molecule has 0 aliphatic carbocycles. The Morgan fingerprint density at radius 2 is 2.00 bits per heavy atom. The molecule has 5 nitrogen and oxygen atoms in total. The average Bonchev–Trinajstić information content (AvgIpc) is 2.54. The molecule has 128 valence electrons. The van der Waals surface area contributed by atoms with Crippen LogP contribution in [0.25, 0.3) is 6.08 Å². The fraction of sp³-hybridized carbons (Fsp3) is 0.556. The van der Waals surface area contributed by atoms with Crippen LogP contribution in [0, 0.1) is 0 Å². The van der Waals surface area contributed by atoms with Gasteiger partial charge < -0.3 is 14.9 Å². The zero-order chi connectivity index (χ0) is 16.9. The maximum absolute atomic E-state index is 10.5. The van der Waals surface area contributed by atoms with Gasteiger partial charge >= 0.3 is 5.97 Å². The van der Waals surface area contributed by atoms with Crippen molar-refractivity contribution < 1.29 is 19.7 Å². The summed E-state index contributed by atoms with van der Waals surface area (Å²) in [7, 11) is 0. The van der Waals surface area contributed by atoms with Crippen LogP contribution < -0.4 is 4.74 Å². The van der Waals surface area contributed by atoms with Crippen molar-refractivity contribution in [3.8, 4) is 5.88 Å². The second-order valence-corrected chi connectivity index (χ2v) is 5.57. The molecule has 0 radical (unpaired) electrons. The van der Waals surface area contributed by atoms with Crippen LogP contribution in [0.4, 0.5) is 0 Å². The second-order valence-electron chi connectivity index (χ2n) is 5.57. The van der Waals surface area contributed by atoms with Crippen molar-refractivity contribution in [2.45, 2.75) is 58.0 Å². The number of aliphatic hydroxyl groups is 1. The lowest BCUT2D eigenvalue weighted by Crippen LogP contribution is -2.10. The van der Waals surface area contributed by atoms with Gasteiger partial charge in [0.05, 0.1) is 11.8 Å². The van der Waals surface area contributed by atoms with Crippen molar-refractivity contribution in [2.24, 2.45) is 0 Å². The maximum atomic E-state index is 10.5. The van der Waals surface area contributed by atoms with E-state index >= 15 is 0 Å². The van der Waals surface area contributed by atoms with Gasteiger partial charge in [-0.15, -0.1) is 0 Å². The van der Waals surface area contributed by atoms with Gasteiger partial charge in [-0.05, 0) is 18.6 Å². The van der Waals surface area contributed by atoms with Crippen LogP contribution in [-0.4, -0.2) is 33.9 Å². The molecule has 1 unspecified atom stereocenters. The van der Waals surface area contributed by atoms with Crippen LogP contribution in [0.1, 0.15) is 57.6 Å². The lowest BCUT2D eigenvalue weighted by atomic mass is 10.1. The molecule has 1 heterocycles. The van der Waals surface area contributed by atoms with E-state index in [0.29, 0.717) is 5.69 Å². The molecular formula is C18H27NO4. The molecule has 1 aromatic rings. The summed E-state index contributed by atoms with van der Waals surface area (Å²) in [5, 5.41) is 18.5. The Labute approximate surface area is 138 Å². The number of pyridine rings is 1. The third kappa shape index (κ3) is 9.68. The highest BCUT2D eigenvalue weighted by Gasteiger charge is 2.02. The van der Waals surface area contributed by atoms with E-state index in [9.17, 15) is 9.90 Å². The molecule has 2 N–H and O–H groups in total. The third-order valence-corrected chi connectivity index (χ3v) is 3.43. The van der Waals surface area contributed by atoms with Crippen LogP contribution in [-0.2, 0) is 4.79 Å². The Balaban J connectivity index is 2.32. The number of hydrogen-bond acceptors (Lipinski definition) is 4. The Morgan fingerprint density at radius 3 is 2.74 bits per heavy atom. The van der Waals surface area contributed by atoms with Crippen molar-refractivity contribution in [3.63, 3.8) is 0 Å². The maximum Gasteiger partial charge on any atom is 0.341 e. The molecule has 23 heavy (non-hydrogen) atoms. The number of carboxylic acid groups (broad SMARTS) is 1. The highest BCUT2D eigenvalue weighted by Crippen LogP contribution is 2.12. The number of carbonyl (C=O) groups is 1. The second kappa shape index (κ2) is 11.7. The van der Waals surface area contributed by atoms with Gasteiger partial charge in [0, 0.05) is 6.07 Å². The molecule has 0 saturated heterocycles. The van der Waals surface area contributed by atoms with Gasteiger partial charge in [-0.25, -0.2) is 9.78 Å². The minimum absolute atomic E-state index is 0.264. The van der Waals surface area contributed by atoms with E-state index in [-0.39, 0.29) is 5.88 Å². The summed E-state index contributed by atoms with van der Waals surface area (Å²) in [4.78, 5) is 14.6. The molecule has 0 aromatic carbocycles. The Morgan fingerprint density at radius 1 is 1.26 bits per heavy atom. The fourth-order valence-electron chi connectivity index (χ4n) is 2.18.